The Morgan fingerprint density at radius 1 is 1.00 bits per heavy atom. The fourth-order valence-corrected chi connectivity index (χ4v) is 2.54. The molecule has 1 N–H and O–H groups in total. The van der Waals surface area contributed by atoms with Crippen molar-refractivity contribution in [2.75, 3.05) is 7.05 Å². The molecule has 0 bridgehead atoms. The van der Waals surface area contributed by atoms with Crippen LogP contribution >= 0.6 is 23.2 Å². The molecule has 0 amide bonds. The molecule has 1 nitrogen and oxygen atoms in total. The lowest BCUT2D eigenvalue weighted by Gasteiger charge is -2.20. The second kappa shape index (κ2) is 6.04. The van der Waals surface area contributed by atoms with Crippen LogP contribution in [-0.4, -0.2) is 7.05 Å². The van der Waals surface area contributed by atoms with E-state index in [-0.39, 0.29) is 10.6 Å². The van der Waals surface area contributed by atoms with Gasteiger partial charge in [0.25, 0.3) is 0 Å². The Morgan fingerprint density at radius 2 is 1.60 bits per heavy atom. The van der Waals surface area contributed by atoms with Gasteiger partial charge >= 0.3 is 0 Å². The maximum atomic E-state index is 13.9. The van der Waals surface area contributed by atoms with Crippen LogP contribution in [0.1, 0.15) is 17.2 Å². The highest BCUT2D eigenvalue weighted by molar-refractivity contribution is 6.35. The molecule has 0 fully saturated rings. The summed E-state index contributed by atoms with van der Waals surface area (Å²) in [5.41, 5.74) is 0.154. The van der Waals surface area contributed by atoms with E-state index in [1.54, 1.807) is 12.1 Å². The normalized spacial score (nSPS) is 12.5. The van der Waals surface area contributed by atoms with Crippen LogP contribution in [0.3, 0.4) is 0 Å². The molecule has 1 atom stereocenters. The molecule has 0 aliphatic heterocycles. The number of nitrogens with one attached hydrogen (secondary N) is 1. The van der Waals surface area contributed by atoms with Gasteiger partial charge in [-0.3, -0.25) is 0 Å². The summed E-state index contributed by atoms with van der Waals surface area (Å²) in [6, 6.07) is 5.02. The average Bonchev–Trinajstić information content (AvgIpc) is 2.34. The lowest BCUT2D eigenvalue weighted by Crippen LogP contribution is -2.21. The summed E-state index contributed by atoms with van der Waals surface area (Å²) in [5.74, 6) is -2.93. The van der Waals surface area contributed by atoms with E-state index in [9.17, 15) is 13.2 Å². The summed E-state index contributed by atoms with van der Waals surface area (Å²) in [7, 11) is 1.53. The van der Waals surface area contributed by atoms with E-state index in [1.165, 1.54) is 13.1 Å². The molecular formula is C14H10Cl2F3N. The Morgan fingerprint density at radius 3 is 2.10 bits per heavy atom. The summed E-state index contributed by atoms with van der Waals surface area (Å²) in [5, 5.41) is 3.44. The van der Waals surface area contributed by atoms with Crippen LogP contribution in [0.15, 0.2) is 30.3 Å². The van der Waals surface area contributed by atoms with Crippen LogP contribution in [0, 0.1) is 17.5 Å². The molecule has 6 heteroatoms. The first-order chi connectivity index (χ1) is 9.43. The molecule has 0 saturated heterocycles. The van der Waals surface area contributed by atoms with Crippen molar-refractivity contribution in [3.05, 3.63) is 69.0 Å². The van der Waals surface area contributed by atoms with Gasteiger partial charge in [-0.1, -0.05) is 29.3 Å². The number of hydrogen-bond donors (Lipinski definition) is 1. The summed E-state index contributed by atoms with van der Waals surface area (Å²) in [6.07, 6.45) is 0. The molecular weight excluding hydrogens is 310 g/mol. The predicted octanol–water partition coefficient (Wildman–Crippen LogP) is 4.72. The van der Waals surface area contributed by atoms with Gasteiger partial charge in [-0.25, -0.2) is 13.2 Å². The maximum Gasteiger partial charge on any atom is 0.134 e. The van der Waals surface area contributed by atoms with Crippen molar-refractivity contribution >= 4 is 23.2 Å². The molecule has 20 heavy (non-hydrogen) atoms. The SMILES string of the molecule is CNC(c1ccc(Cl)cc1Cl)c1c(F)cc(F)cc1F. The van der Waals surface area contributed by atoms with Gasteiger partial charge in [-0.15, -0.1) is 0 Å². The Balaban J connectivity index is 2.58. The van der Waals surface area contributed by atoms with E-state index in [4.69, 9.17) is 23.2 Å². The zero-order chi connectivity index (χ0) is 14.9. The number of hydrogen-bond acceptors (Lipinski definition) is 1. The Kier molecular flexibility index (Phi) is 4.58. The highest BCUT2D eigenvalue weighted by Gasteiger charge is 2.23. The third-order valence-corrected chi connectivity index (χ3v) is 3.46. The van der Waals surface area contributed by atoms with Gasteiger partial charge in [-0.2, -0.15) is 0 Å². The van der Waals surface area contributed by atoms with Crippen molar-refractivity contribution in [3.8, 4) is 0 Å². The van der Waals surface area contributed by atoms with Crippen molar-refractivity contribution < 1.29 is 13.2 Å². The number of halogens is 5. The molecule has 0 spiro atoms. The summed E-state index contributed by atoms with van der Waals surface area (Å²) >= 11 is 11.8. The highest BCUT2D eigenvalue weighted by Crippen LogP contribution is 2.33. The molecule has 0 radical (unpaired) electrons. The minimum Gasteiger partial charge on any atom is -0.309 e. The fourth-order valence-electron chi connectivity index (χ4n) is 2.02. The predicted molar refractivity (Wildman–Crippen MR) is 73.7 cm³/mol. The molecule has 2 aromatic carbocycles. The molecule has 0 aliphatic carbocycles. The maximum absolute atomic E-state index is 13.9. The standard InChI is InChI=1S/C14H10Cl2F3N/c1-20-14(9-3-2-7(15)4-10(9)16)13-11(18)5-8(17)6-12(13)19/h2-6,14,20H,1H3. The largest absolute Gasteiger partial charge is 0.309 e. The van der Waals surface area contributed by atoms with E-state index in [0.29, 0.717) is 22.7 Å². The van der Waals surface area contributed by atoms with Gasteiger partial charge in [0.05, 0.1) is 6.04 Å². The van der Waals surface area contributed by atoms with Gasteiger partial charge in [-0.05, 0) is 24.7 Å². The van der Waals surface area contributed by atoms with E-state index in [0.717, 1.165) is 0 Å². The van der Waals surface area contributed by atoms with Gasteiger partial charge in [0, 0.05) is 27.7 Å². The van der Waals surface area contributed by atoms with Crippen molar-refractivity contribution in [2.24, 2.45) is 0 Å². The van der Waals surface area contributed by atoms with Crippen LogP contribution in [0.2, 0.25) is 10.0 Å². The van der Waals surface area contributed by atoms with Crippen molar-refractivity contribution in [3.63, 3.8) is 0 Å². The third kappa shape index (κ3) is 2.92. The molecule has 0 aromatic heterocycles. The topological polar surface area (TPSA) is 12.0 Å². The average molecular weight is 320 g/mol. The van der Waals surface area contributed by atoms with Crippen molar-refractivity contribution in [1.82, 2.24) is 5.32 Å². The molecule has 1 unspecified atom stereocenters. The minimum atomic E-state index is -0.979. The van der Waals surface area contributed by atoms with Gasteiger partial charge < -0.3 is 5.32 Å². The van der Waals surface area contributed by atoms with E-state index in [1.807, 2.05) is 0 Å². The first-order valence-corrected chi connectivity index (χ1v) is 6.46. The minimum absolute atomic E-state index is 0.264. The monoisotopic (exact) mass is 319 g/mol. The lowest BCUT2D eigenvalue weighted by atomic mass is 9.97. The quantitative estimate of drug-likeness (QED) is 0.863. The third-order valence-electron chi connectivity index (χ3n) is 2.89. The van der Waals surface area contributed by atoms with E-state index in [2.05, 4.69) is 5.32 Å². The molecule has 2 aromatic rings. The van der Waals surface area contributed by atoms with Crippen LogP contribution in [0.5, 0.6) is 0 Å². The highest BCUT2D eigenvalue weighted by atomic mass is 35.5. The zero-order valence-electron chi connectivity index (χ0n) is 10.4. The summed E-state index contributed by atoms with van der Waals surface area (Å²) in [6.45, 7) is 0. The first-order valence-electron chi connectivity index (χ1n) is 5.70. The van der Waals surface area contributed by atoms with E-state index < -0.39 is 23.5 Å². The zero-order valence-corrected chi connectivity index (χ0v) is 11.9. The lowest BCUT2D eigenvalue weighted by molar-refractivity contribution is 0.500. The molecule has 2 rings (SSSR count). The van der Waals surface area contributed by atoms with Crippen LogP contribution in [-0.2, 0) is 0 Å². The van der Waals surface area contributed by atoms with Crippen molar-refractivity contribution in [2.45, 2.75) is 6.04 Å². The second-order valence-electron chi connectivity index (χ2n) is 4.17. The second-order valence-corrected chi connectivity index (χ2v) is 5.01. The fraction of sp³-hybridized carbons (Fsp3) is 0.143. The summed E-state index contributed by atoms with van der Waals surface area (Å²) in [4.78, 5) is 0. The Hall–Kier alpha value is -1.23. The molecule has 0 aliphatic rings. The van der Waals surface area contributed by atoms with Gasteiger partial charge in [0.1, 0.15) is 17.5 Å². The number of rotatable bonds is 3. The van der Waals surface area contributed by atoms with Crippen LogP contribution in [0.4, 0.5) is 13.2 Å². The molecule has 0 heterocycles. The summed E-state index contributed by atoms with van der Waals surface area (Å²) < 4.78 is 40.7. The van der Waals surface area contributed by atoms with Crippen LogP contribution < -0.4 is 5.32 Å². The Bertz CT molecular complexity index is 623. The Labute approximate surface area is 124 Å². The first kappa shape index (κ1) is 15.2. The van der Waals surface area contributed by atoms with Gasteiger partial charge in [0.2, 0.25) is 0 Å². The number of benzene rings is 2. The van der Waals surface area contributed by atoms with Crippen LogP contribution in [0.25, 0.3) is 0 Å². The van der Waals surface area contributed by atoms with Crippen molar-refractivity contribution in [1.29, 1.82) is 0 Å². The van der Waals surface area contributed by atoms with Gasteiger partial charge in [0.15, 0.2) is 0 Å². The smallest absolute Gasteiger partial charge is 0.134 e. The molecule has 0 saturated carbocycles. The van der Waals surface area contributed by atoms with E-state index >= 15 is 0 Å². The molecule has 106 valence electrons.